The first-order chi connectivity index (χ1) is 13.8. The minimum atomic E-state index is -3.80. The predicted molar refractivity (Wildman–Crippen MR) is 112 cm³/mol. The van der Waals surface area contributed by atoms with Crippen molar-refractivity contribution in [3.63, 3.8) is 0 Å². The summed E-state index contributed by atoms with van der Waals surface area (Å²) in [4.78, 5) is 0.258. The molecule has 2 aromatic carbocycles. The fourth-order valence-corrected chi connectivity index (χ4v) is 5.26. The summed E-state index contributed by atoms with van der Waals surface area (Å²) in [5.74, 6) is 1.14. The largest absolute Gasteiger partial charge is 0.486 e. The van der Waals surface area contributed by atoms with Crippen LogP contribution in [0.4, 0.5) is 5.69 Å². The highest BCUT2D eigenvalue weighted by molar-refractivity contribution is 7.93. The quantitative estimate of drug-likeness (QED) is 0.624. The lowest BCUT2D eigenvalue weighted by Crippen LogP contribution is -2.43. The van der Waals surface area contributed by atoms with Crippen LogP contribution < -0.4 is 9.04 Å². The van der Waals surface area contributed by atoms with E-state index >= 15 is 0 Å². The summed E-state index contributed by atoms with van der Waals surface area (Å²) in [6.07, 6.45) is 0.524. The van der Waals surface area contributed by atoms with Gasteiger partial charge in [0.1, 0.15) is 11.9 Å². The molecule has 1 aliphatic heterocycles. The standard InChI is InChI=1S/C22H24N2O4S/c1-5-18-13-24(19-10-14(2)6-9-20(19)27-18)29(25,26)22-12-17(8-7-15(22)3)21-11-16(4)23-28-21/h6-12,18H,5,13H2,1-4H3/t18-/m0/s1. The molecule has 7 heteroatoms. The molecule has 0 radical (unpaired) electrons. The molecule has 152 valence electrons. The van der Waals surface area contributed by atoms with Gasteiger partial charge in [-0.3, -0.25) is 4.31 Å². The van der Waals surface area contributed by atoms with E-state index in [0.29, 0.717) is 28.3 Å². The van der Waals surface area contributed by atoms with E-state index in [1.165, 1.54) is 4.31 Å². The number of aryl methyl sites for hydroxylation is 3. The van der Waals surface area contributed by atoms with Crippen molar-refractivity contribution in [3.05, 3.63) is 59.3 Å². The normalized spacial score (nSPS) is 16.4. The van der Waals surface area contributed by atoms with Gasteiger partial charge in [0.15, 0.2) is 5.76 Å². The van der Waals surface area contributed by atoms with Gasteiger partial charge in [-0.25, -0.2) is 8.42 Å². The molecule has 0 saturated carbocycles. The number of fused-ring (bicyclic) bond motifs is 1. The number of ether oxygens (including phenoxy) is 1. The van der Waals surface area contributed by atoms with E-state index in [1.807, 2.05) is 45.0 Å². The van der Waals surface area contributed by atoms with Crippen LogP contribution in [0.5, 0.6) is 5.75 Å². The first-order valence-corrected chi connectivity index (χ1v) is 11.1. The average molecular weight is 413 g/mol. The lowest BCUT2D eigenvalue weighted by atomic mass is 10.1. The Balaban J connectivity index is 1.84. The number of hydrogen-bond acceptors (Lipinski definition) is 5. The molecule has 0 amide bonds. The zero-order valence-electron chi connectivity index (χ0n) is 17.0. The SMILES string of the molecule is CC[C@H]1CN(S(=O)(=O)c2cc(-c3cc(C)no3)ccc2C)c2cc(C)ccc2O1. The van der Waals surface area contributed by atoms with Crippen LogP contribution in [-0.4, -0.2) is 26.2 Å². The third-order valence-corrected chi connectivity index (χ3v) is 7.09. The smallest absolute Gasteiger partial charge is 0.264 e. The van der Waals surface area contributed by atoms with Crippen molar-refractivity contribution in [3.8, 4) is 17.1 Å². The van der Waals surface area contributed by atoms with Crippen LogP contribution in [0.1, 0.15) is 30.2 Å². The predicted octanol–water partition coefficient (Wildman–Crippen LogP) is 4.63. The third kappa shape index (κ3) is 3.51. The number of sulfonamides is 1. The van der Waals surface area contributed by atoms with E-state index in [2.05, 4.69) is 5.16 Å². The first-order valence-electron chi connectivity index (χ1n) is 9.64. The Morgan fingerprint density at radius 3 is 2.59 bits per heavy atom. The molecule has 1 atom stereocenters. The number of anilines is 1. The Bertz CT molecular complexity index is 1170. The second-order valence-corrected chi connectivity index (χ2v) is 9.30. The first kappa shape index (κ1) is 19.5. The summed E-state index contributed by atoms with van der Waals surface area (Å²) in [5, 5.41) is 3.91. The fourth-order valence-electron chi connectivity index (χ4n) is 3.51. The summed E-state index contributed by atoms with van der Waals surface area (Å²) in [6.45, 7) is 7.84. The second kappa shape index (κ2) is 7.22. The lowest BCUT2D eigenvalue weighted by Gasteiger charge is -2.35. The van der Waals surface area contributed by atoms with Gasteiger partial charge in [-0.05, 0) is 56.5 Å². The minimum absolute atomic E-state index is 0.194. The van der Waals surface area contributed by atoms with Crippen LogP contribution >= 0.6 is 0 Å². The minimum Gasteiger partial charge on any atom is -0.486 e. The third-order valence-electron chi connectivity index (χ3n) is 5.17. The summed E-state index contributed by atoms with van der Waals surface area (Å²) in [6, 6.07) is 12.7. The van der Waals surface area contributed by atoms with Gasteiger partial charge < -0.3 is 9.26 Å². The molecule has 0 spiro atoms. The van der Waals surface area contributed by atoms with Crippen LogP contribution in [0, 0.1) is 20.8 Å². The monoisotopic (exact) mass is 412 g/mol. The van der Waals surface area contributed by atoms with Crippen molar-refractivity contribution in [1.82, 2.24) is 5.16 Å². The second-order valence-electron chi connectivity index (χ2n) is 7.47. The summed E-state index contributed by atoms with van der Waals surface area (Å²) in [7, 11) is -3.80. The number of rotatable bonds is 4. The van der Waals surface area contributed by atoms with Gasteiger partial charge >= 0.3 is 0 Å². The lowest BCUT2D eigenvalue weighted by molar-refractivity contribution is 0.195. The van der Waals surface area contributed by atoms with E-state index in [0.717, 1.165) is 17.7 Å². The molecule has 1 aliphatic rings. The highest BCUT2D eigenvalue weighted by atomic mass is 32.2. The molecule has 0 unspecified atom stereocenters. The zero-order chi connectivity index (χ0) is 20.8. The maximum absolute atomic E-state index is 13.8. The zero-order valence-corrected chi connectivity index (χ0v) is 17.8. The van der Waals surface area contributed by atoms with Gasteiger partial charge in [0, 0.05) is 11.6 Å². The molecule has 3 aromatic rings. The maximum Gasteiger partial charge on any atom is 0.264 e. The van der Waals surface area contributed by atoms with Crippen molar-refractivity contribution < 1.29 is 17.7 Å². The number of nitrogens with zero attached hydrogens (tertiary/aromatic N) is 2. The van der Waals surface area contributed by atoms with Crippen LogP contribution in [0.25, 0.3) is 11.3 Å². The van der Waals surface area contributed by atoms with Crippen molar-refractivity contribution >= 4 is 15.7 Å². The van der Waals surface area contributed by atoms with Crippen LogP contribution in [0.15, 0.2) is 51.9 Å². The highest BCUT2D eigenvalue weighted by Gasteiger charge is 2.35. The Morgan fingerprint density at radius 2 is 1.90 bits per heavy atom. The van der Waals surface area contributed by atoms with E-state index < -0.39 is 10.0 Å². The fraction of sp³-hybridized carbons (Fsp3) is 0.318. The van der Waals surface area contributed by atoms with Crippen molar-refractivity contribution in [1.29, 1.82) is 0 Å². The molecule has 2 heterocycles. The van der Waals surface area contributed by atoms with Gasteiger partial charge in [0.05, 0.1) is 22.8 Å². The van der Waals surface area contributed by atoms with Crippen LogP contribution in [0.3, 0.4) is 0 Å². The molecule has 1 aromatic heterocycles. The summed E-state index contributed by atoms with van der Waals surface area (Å²) >= 11 is 0. The maximum atomic E-state index is 13.8. The molecule has 0 aliphatic carbocycles. The Labute approximate surface area is 171 Å². The molecule has 29 heavy (non-hydrogen) atoms. The van der Waals surface area contributed by atoms with Crippen molar-refractivity contribution in [2.75, 3.05) is 10.8 Å². The van der Waals surface area contributed by atoms with Gasteiger partial charge in [0.25, 0.3) is 10.0 Å². The number of aromatic nitrogens is 1. The molecule has 0 fully saturated rings. The highest BCUT2D eigenvalue weighted by Crippen LogP contribution is 2.39. The topological polar surface area (TPSA) is 72.6 Å². The molecule has 0 N–H and O–H groups in total. The summed E-state index contributed by atoms with van der Waals surface area (Å²) in [5.41, 5.74) is 3.66. The molecule has 0 saturated heterocycles. The number of benzene rings is 2. The van der Waals surface area contributed by atoms with Crippen LogP contribution in [0.2, 0.25) is 0 Å². The van der Waals surface area contributed by atoms with E-state index in [1.54, 1.807) is 25.1 Å². The Morgan fingerprint density at radius 1 is 1.10 bits per heavy atom. The number of hydrogen-bond donors (Lipinski definition) is 0. The van der Waals surface area contributed by atoms with Crippen molar-refractivity contribution in [2.45, 2.75) is 45.1 Å². The van der Waals surface area contributed by atoms with Crippen molar-refractivity contribution in [2.24, 2.45) is 0 Å². The molecular formula is C22H24N2O4S. The van der Waals surface area contributed by atoms with E-state index in [-0.39, 0.29) is 17.5 Å². The average Bonchev–Trinajstić information content (AvgIpc) is 3.13. The Kier molecular flexibility index (Phi) is 4.86. The van der Waals surface area contributed by atoms with E-state index in [9.17, 15) is 8.42 Å². The van der Waals surface area contributed by atoms with Gasteiger partial charge in [-0.15, -0.1) is 0 Å². The molecule has 4 rings (SSSR count). The Hall–Kier alpha value is -2.80. The molecule has 0 bridgehead atoms. The van der Waals surface area contributed by atoms with Gasteiger partial charge in [-0.2, -0.15) is 0 Å². The summed E-state index contributed by atoms with van der Waals surface area (Å²) < 4.78 is 40.3. The molecule has 6 nitrogen and oxygen atoms in total. The van der Waals surface area contributed by atoms with E-state index in [4.69, 9.17) is 9.26 Å². The van der Waals surface area contributed by atoms with Gasteiger partial charge in [-0.1, -0.05) is 30.3 Å². The molecular weight excluding hydrogens is 388 g/mol. The van der Waals surface area contributed by atoms with Crippen LogP contribution in [-0.2, 0) is 10.0 Å². The van der Waals surface area contributed by atoms with Gasteiger partial charge in [0.2, 0.25) is 0 Å².